The number of thioether (sulfide) groups is 1. The highest BCUT2D eigenvalue weighted by Crippen LogP contribution is 2.34. The molecule has 0 spiro atoms. The maximum atomic E-state index is 12.1. The van der Waals surface area contributed by atoms with Crippen molar-refractivity contribution in [3.8, 4) is 0 Å². The molecule has 0 saturated heterocycles. The van der Waals surface area contributed by atoms with Crippen molar-refractivity contribution in [2.75, 3.05) is 5.75 Å². The molecule has 1 atom stereocenters. The number of nitrogens with one attached hydrogen (secondary N) is 1. The number of fused-ring (bicyclic) bond motifs is 1. The van der Waals surface area contributed by atoms with Crippen molar-refractivity contribution >= 4 is 39.2 Å². The first kappa shape index (κ1) is 18.2. The van der Waals surface area contributed by atoms with E-state index < -0.39 is 0 Å². The SMILES string of the molecule is CCCCC[C@H](C)NC(=O)CSc1ncnc2sc(C)c(C)c12. The number of nitrogens with zero attached hydrogens (tertiary/aromatic N) is 2. The Morgan fingerprint density at radius 1 is 1.35 bits per heavy atom. The van der Waals surface area contributed by atoms with Gasteiger partial charge in [0.1, 0.15) is 16.2 Å². The average molecular weight is 352 g/mol. The normalized spacial score (nSPS) is 12.5. The standard InChI is InChI=1S/C17H25N3OS2/c1-5-6-7-8-11(2)20-14(21)9-22-16-15-12(3)13(4)23-17(15)19-10-18-16/h10-11H,5-9H2,1-4H3,(H,20,21)/t11-/m0/s1. The van der Waals surface area contributed by atoms with E-state index >= 15 is 0 Å². The van der Waals surface area contributed by atoms with Gasteiger partial charge in [-0.15, -0.1) is 11.3 Å². The second-order valence-corrected chi connectivity index (χ2v) is 8.06. The van der Waals surface area contributed by atoms with Crippen molar-refractivity contribution < 1.29 is 4.79 Å². The monoisotopic (exact) mass is 351 g/mol. The van der Waals surface area contributed by atoms with Crippen LogP contribution >= 0.6 is 23.1 Å². The summed E-state index contributed by atoms with van der Waals surface area (Å²) in [5.74, 6) is 0.480. The van der Waals surface area contributed by atoms with Crippen LogP contribution in [0.4, 0.5) is 0 Å². The number of hydrogen-bond donors (Lipinski definition) is 1. The maximum Gasteiger partial charge on any atom is 0.230 e. The van der Waals surface area contributed by atoms with E-state index in [1.807, 2.05) is 0 Å². The van der Waals surface area contributed by atoms with Crippen molar-refractivity contribution in [1.82, 2.24) is 15.3 Å². The molecule has 0 aliphatic carbocycles. The van der Waals surface area contributed by atoms with E-state index in [0.29, 0.717) is 5.75 Å². The van der Waals surface area contributed by atoms with Gasteiger partial charge < -0.3 is 5.32 Å². The number of rotatable bonds is 8. The smallest absolute Gasteiger partial charge is 0.230 e. The van der Waals surface area contributed by atoms with Crippen LogP contribution < -0.4 is 5.32 Å². The molecule has 0 aromatic carbocycles. The lowest BCUT2D eigenvalue weighted by atomic mass is 10.1. The molecular formula is C17H25N3OS2. The van der Waals surface area contributed by atoms with Crippen LogP contribution in [0.1, 0.15) is 50.0 Å². The fourth-order valence-corrected chi connectivity index (χ4v) is 4.41. The molecule has 126 valence electrons. The Bertz CT molecular complexity index is 669. The largest absolute Gasteiger partial charge is 0.353 e. The van der Waals surface area contributed by atoms with Gasteiger partial charge in [-0.1, -0.05) is 37.9 Å². The average Bonchev–Trinajstić information content (AvgIpc) is 2.81. The van der Waals surface area contributed by atoms with Crippen LogP contribution in [-0.2, 0) is 4.79 Å². The molecular weight excluding hydrogens is 326 g/mol. The third-order valence-electron chi connectivity index (χ3n) is 3.92. The summed E-state index contributed by atoms with van der Waals surface area (Å²) in [5, 5.41) is 5.09. The molecule has 1 N–H and O–H groups in total. The van der Waals surface area contributed by atoms with Crippen LogP contribution in [0.5, 0.6) is 0 Å². The third-order valence-corrected chi connectivity index (χ3v) is 6.02. The Morgan fingerprint density at radius 2 is 2.13 bits per heavy atom. The molecule has 0 fully saturated rings. The molecule has 0 aliphatic rings. The van der Waals surface area contributed by atoms with E-state index in [2.05, 4.69) is 43.0 Å². The van der Waals surface area contributed by atoms with Gasteiger partial charge in [-0.2, -0.15) is 0 Å². The predicted octanol–water partition coefficient (Wildman–Crippen LogP) is 4.49. The van der Waals surface area contributed by atoms with E-state index in [-0.39, 0.29) is 11.9 Å². The molecule has 6 heteroatoms. The highest BCUT2D eigenvalue weighted by molar-refractivity contribution is 8.00. The third kappa shape index (κ3) is 4.91. The minimum Gasteiger partial charge on any atom is -0.353 e. The fraction of sp³-hybridized carbons (Fsp3) is 0.588. The lowest BCUT2D eigenvalue weighted by Gasteiger charge is -2.13. The molecule has 1 amide bonds. The molecule has 2 rings (SSSR count). The zero-order valence-corrected chi connectivity index (χ0v) is 15.9. The van der Waals surface area contributed by atoms with Crippen molar-refractivity contribution in [3.05, 3.63) is 16.8 Å². The van der Waals surface area contributed by atoms with Crippen molar-refractivity contribution in [2.45, 2.75) is 64.4 Å². The lowest BCUT2D eigenvalue weighted by molar-refractivity contribution is -0.119. The summed E-state index contributed by atoms with van der Waals surface area (Å²) in [7, 11) is 0. The summed E-state index contributed by atoms with van der Waals surface area (Å²) in [6, 6.07) is 0.241. The Morgan fingerprint density at radius 3 is 2.87 bits per heavy atom. The molecule has 0 aliphatic heterocycles. The topological polar surface area (TPSA) is 54.9 Å². The van der Waals surface area contributed by atoms with Crippen LogP contribution in [-0.4, -0.2) is 27.7 Å². The summed E-state index contributed by atoms with van der Waals surface area (Å²) in [6.07, 6.45) is 6.24. The van der Waals surface area contributed by atoms with Crippen LogP contribution in [0, 0.1) is 13.8 Å². The fourth-order valence-electron chi connectivity index (χ4n) is 2.48. The summed E-state index contributed by atoms with van der Waals surface area (Å²) in [6.45, 7) is 8.46. The summed E-state index contributed by atoms with van der Waals surface area (Å²) < 4.78 is 0. The number of carbonyl (C=O) groups excluding carboxylic acids is 1. The first-order valence-electron chi connectivity index (χ1n) is 8.15. The quantitative estimate of drug-likeness (QED) is 0.433. The number of unbranched alkanes of at least 4 members (excludes halogenated alkanes) is 2. The first-order valence-corrected chi connectivity index (χ1v) is 9.96. The highest BCUT2D eigenvalue weighted by atomic mass is 32.2. The predicted molar refractivity (Wildman–Crippen MR) is 99.4 cm³/mol. The van der Waals surface area contributed by atoms with Gasteiger partial charge in [0.05, 0.1) is 5.75 Å². The van der Waals surface area contributed by atoms with E-state index in [1.54, 1.807) is 17.7 Å². The number of aromatic nitrogens is 2. The Labute approximate surface area is 146 Å². The number of amides is 1. The Hall–Kier alpha value is -1.14. The molecule has 2 heterocycles. The second-order valence-electron chi connectivity index (χ2n) is 5.90. The molecule has 0 saturated carbocycles. The molecule has 0 radical (unpaired) electrons. The van der Waals surface area contributed by atoms with E-state index in [0.717, 1.165) is 21.7 Å². The van der Waals surface area contributed by atoms with E-state index in [1.165, 1.54) is 41.5 Å². The molecule has 0 bridgehead atoms. The van der Waals surface area contributed by atoms with Gasteiger partial charge in [-0.05, 0) is 32.8 Å². The van der Waals surface area contributed by atoms with Gasteiger partial charge in [-0.3, -0.25) is 4.79 Å². The zero-order valence-electron chi connectivity index (χ0n) is 14.3. The summed E-state index contributed by atoms with van der Waals surface area (Å²) in [4.78, 5) is 23.1. The molecule has 2 aromatic heterocycles. The Balaban J connectivity index is 1.92. The number of carbonyl (C=O) groups is 1. The molecule has 2 aromatic rings. The van der Waals surface area contributed by atoms with Gasteiger partial charge in [0, 0.05) is 16.3 Å². The summed E-state index contributed by atoms with van der Waals surface area (Å²) in [5.41, 5.74) is 1.22. The number of thiophene rings is 1. The van der Waals surface area contributed by atoms with Gasteiger partial charge in [0.2, 0.25) is 5.91 Å². The van der Waals surface area contributed by atoms with Crippen LogP contribution in [0.3, 0.4) is 0 Å². The first-order chi connectivity index (χ1) is 11.0. The van der Waals surface area contributed by atoms with Gasteiger partial charge in [-0.25, -0.2) is 9.97 Å². The van der Waals surface area contributed by atoms with Crippen LogP contribution in [0.25, 0.3) is 10.2 Å². The van der Waals surface area contributed by atoms with Crippen molar-refractivity contribution in [3.63, 3.8) is 0 Å². The van der Waals surface area contributed by atoms with Gasteiger partial charge in [0.15, 0.2) is 0 Å². The summed E-state index contributed by atoms with van der Waals surface area (Å²) >= 11 is 3.18. The molecule has 0 unspecified atom stereocenters. The minimum atomic E-state index is 0.0790. The van der Waals surface area contributed by atoms with Gasteiger partial charge >= 0.3 is 0 Å². The van der Waals surface area contributed by atoms with Gasteiger partial charge in [0.25, 0.3) is 0 Å². The van der Waals surface area contributed by atoms with Crippen LogP contribution in [0.15, 0.2) is 11.4 Å². The number of hydrogen-bond acceptors (Lipinski definition) is 5. The van der Waals surface area contributed by atoms with Crippen molar-refractivity contribution in [1.29, 1.82) is 0 Å². The zero-order chi connectivity index (χ0) is 16.8. The minimum absolute atomic E-state index is 0.0790. The second kappa shape index (κ2) is 8.64. The maximum absolute atomic E-state index is 12.1. The van der Waals surface area contributed by atoms with Crippen molar-refractivity contribution in [2.24, 2.45) is 0 Å². The Kier molecular flexibility index (Phi) is 6.84. The van der Waals surface area contributed by atoms with E-state index in [4.69, 9.17) is 0 Å². The lowest BCUT2D eigenvalue weighted by Crippen LogP contribution is -2.33. The molecule has 4 nitrogen and oxygen atoms in total. The van der Waals surface area contributed by atoms with E-state index in [9.17, 15) is 4.79 Å². The van der Waals surface area contributed by atoms with Crippen LogP contribution in [0.2, 0.25) is 0 Å². The number of aryl methyl sites for hydroxylation is 2. The highest BCUT2D eigenvalue weighted by Gasteiger charge is 2.14. The molecule has 23 heavy (non-hydrogen) atoms.